The molecule has 0 aromatic heterocycles. The van der Waals surface area contributed by atoms with Crippen LogP contribution < -0.4 is 5.73 Å². The molecule has 0 aromatic carbocycles. The first-order valence-electron chi connectivity index (χ1n) is 5.90. The molecule has 15 heavy (non-hydrogen) atoms. The van der Waals surface area contributed by atoms with Crippen LogP contribution in [-0.4, -0.2) is 43.2 Å². The molecular weight excluding hydrogens is 192 g/mol. The number of hydrogen-bond donors (Lipinski definition) is 1. The summed E-state index contributed by atoms with van der Waals surface area (Å²) in [7, 11) is 0. The molecule has 2 aliphatic rings. The number of carbonyl (C=O) groups excluding carboxylic acids is 1. The van der Waals surface area contributed by atoms with Gasteiger partial charge in [0.1, 0.15) is 0 Å². The molecule has 4 nitrogen and oxygen atoms in total. The van der Waals surface area contributed by atoms with Gasteiger partial charge in [0, 0.05) is 18.5 Å². The minimum Gasteiger partial charge on any atom is -0.379 e. The molecule has 0 spiro atoms. The lowest BCUT2D eigenvalue weighted by Gasteiger charge is -2.37. The van der Waals surface area contributed by atoms with Crippen molar-refractivity contribution < 1.29 is 9.53 Å². The van der Waals surface area contributed by atoms with Crippen molar-refractivity contribution in [1.82, 2.24) is 4.90 Å². The molecule has 2 fully saturated rings. The third kappa shape index (κ3) is 2.32. The van der Waals surface area contributed by atoms with Gasteiger partial charge in [0.05, 0.1) is 19.8 Å². The molecule has 1 saturated heterocycles. The summed E-state index contributed by atoms with van der Waals surface area (Å²) >= 11 is 0. The van der Waals surface area contributed by atoms with Crippen LogP contribution in [0.25, 0.3) is 0 Å². The predicted octanol–water partition coefficient (Wildman–Crippen LogP) is 0.363. The van der Waals surface area contributed by atoms with E-state index in [4.69, 9.17) is 10.5 Å². The fourth-order valence-corrected chi connectivity index (χ4v) is 2.78. The van der Waals surface area contributed by atoms with Crippen molar-refractivity contribution in [3.8, 4) is 0 Å². The third-order valence-electron chi connectivity index (χ3n) is 3.57. The van der Waals surface area contributed by atoms with Gasteiger partial charge in [-0.2, -0.15) is 0 Å². The van der Waals surface area contributed by atoms with Gasteiger partial charge in [-0.25, -0.2) is 0 Å². The fourth-order valence-electron chi connectivity index (χ4n) is 2.78. The number of rotatable bonds is 1. The zero-order valence-corrected chi connectivity index (χ0v) is 9.15. The van der Waals surface area contributed by atoms with Gasteiger partial charge in [0.15, 0.2) is 0 Å². The first-order valence-corrected chi connectivity index (χ1v) is 5.90. The van der Waals surface area contributed by atoms with Gasteiger partial charge < -0.3 is 15.4 Å². The molecule has 0 radical (unpaired) electrons. The smallest absolute Gasteiger partial charge is 0.236 e. The Morgan fingerprint density at radius 2 is 2.20 bits per heavy atom. The molecule has 2 N–H and O–H groups in total. The van der Waals surface area contributed by atoms with Gasteiger partial charge in [-0.15, -0.1) is 0 Å². The van der Waals surface area contributed by atoms with Crippen molar-refractivity contribution in [2.75, 3.05) is 26.3 Å². The Labute approximate surface area is 90.8 Å². The first kappa shape index (κ1) is 10.9. The van der Waals surface area contributed by atoms with Crippen LogP contribution in [0.3, 0.4) is 0 Å². The Morgan fingerprint density at radius 3 is 3.00 bits per heavy atom. The quantitative estimate of drug-likeness (QED) is 0.683. The lowest BCUT2D eigenvalue weighted by molar-refractivity contribution is -0.133. The normalized spacial score (nSPS) is 31.9. The monoisotopic (exact) mass is 212 g/mol. The summed E-state index contributed by atoms with van der Waals surface area (Å²) in [5.74, 6) is 0.620. The Kier molecular flexibility index (Phi) is 3.59. The Hall–Kier alpha value is -0.610. The van der Waals surface area contributed by atoms with Crippen LogP contribution in [0.15, 0.2) is 0 Å². The summed E-state index contributed by atoms with van der Waals surface area (Å²) in [6.07, 6.45) is 4.82. The van der Waals surface area contributed by atoms with Crippen LogP contribution in [0.4, 0.5) is 0 Å². The van der Waals surface area contributed by atoms with E-state index in [0.717, 1.165) is 19.6 Å². The van der Waals surface area contributed by atoms with E-state index >= 15 is 0 Å². The van der Waals surface area contributed by atoms with Gasteiger partial charge in [0.2, 0.25) is 5.91 Å². The van der Waals surface area contributed by atoms with Crippen LogP contribution in [0.5, 0.6) is 0 Å². The lowest BCUT2D eigenvalue weighted by atomic mass is 9.84. The number of carbonyl (C=O) groups is 1. The van der Waals surface area contributed by atoms with Crippen LogP contribution in [0.2, 0.25) is 0 Å². The van der Waals surface area contributed by atoms with Crippen molar-refractivity contribution in [1.29, 1.82) is 0 Å². The summed E-state index contributed by atoms with van der Waals surface area (Å²) in [6, 6.07) is 0.386. The van der Waals surface area contributed by atoms with E-state index in [-0.39, 0.29) is 12.5 Å². The molecule has 2 atom stereocenters. The molecule has 0 aromatic rings. The lowest BCUT2D eigenvalue weighted by Crippen LogP contribution is -2.48. The first-order chi connectivity index (χ1) is 7.33. The molecule has 1 aliphatic carbocycles. The Morgan fingerprint density at radius 1 is 1.40 bits per heavy atom. The van der Waals surface area contributed by atoms with Gasteiger partial charge in [-0.3, -0.25) is 4.79 Å². The second kappa shape index (κ2) is 4.94. The number of fused-ring (bicyclic) bond motifs is 1. The Balaban J connectivity index is 2.09. The number of amides is 1. The highest BCUT2D eigenvalue weighted by atomic mass is 16.5. The maximum Gasteiger partial charge on any atom is 0.236 e. The highest BCUT2D eigenvalue weighted by molar-refractivity contribution is 5.78. The van der Waals surface area contributed by atoms with Crippen LogP contribution in [0, 0.1) is 5.92 Å². The molecule has 86 valence electrons. The average Bonchev–Trinajstić information content (AvgIpc) is 2.50. The zero-order valence-electron chi connectivity index (χ0n) is 9.15. The molecule has 1 saturated carbocycles. The molecule has 2 rings (SSSR count). The van der Waals surface area contributed by atoms with E-state index in [1.54, 1.807) is 0 Å². The number of hydrogen-bond acceptors (Lipinski definition) is 3. The van der Waals surface area contributed by atoms with Crippen molar-refractivity contribution in [3.63, 3.8) is 0 Å². The van der Waals surface area contributed by atoms with Crippen LogP contribution in [-0.2, 0) is 9.53 Å². The number of nitrogens with two attached hydrogens (primary N) is 1. The summed E-state index contributed by atoms with van der Waals surface area (Å²) < 4.78 is 5.55. The maximum absolute atomic E-state index is 11.7. The molecule has 1 heterocycles. The molecule has 1 amide bonds. The summed E-state index contributed by atoms with van der Waals surface area (Å²) in [5.41, 5.74) is 5.44. The predicted molar refractivity (Wildman–Crippen MR) is 57.3 cm³/mol. The van der Waals surface area contributed by atoms with E-state index in [1.165, 1.54) is 19.3 Å². The van der Waals surface area contributed by atoms with E-state index < -0.39 is 0 Å². The van der Waals surface area contributed by atoms with Crippen LogP contribution >= 0.6 is 0 Å². The van der Waals surface area contributed by atoms with Crippen LogP contribution in [0.1, 0.15) is 25.7 Å². The van der Waals surface area contributed by atoms with E-state index in [0.29, 0.717) is 18.6 Å². The Bertz CT molecular complexity index is 233. The van der Waals surface area contributed by atoms with E-state index in [1.807, 2.05) is 4.90 Å². The minimum absolute atomic E-state index is 0.0809. The average molecular weight is 212 g/mol. The molecular formula is C11H20N2O2. The van der Waals surface area contributed by atoms with E-state index in [2.05, 4.69) is 0 Å². The highest BCUT2D eigenvalue weighted by Crippen LogP contribution is 2.30. The highest BCUT2D eigenvalue weighted by Gasteiger charge is 2.34. The maximum atomic E-state index is 11.7. The molecule has 1 aliphatic heterocycles. The van der Waals surface area contributed by atoms with Gasteiger partial charge >= 0.3 is 0 Å². The number of nitrogens with zero attached hydrogens (tertiary/aromatic N) is 1. The fraction of sp³-hybridized carbons (Fsp3) is 0.909. The molecule has 4 heteroatoms. The largest absolute Gasteiger partial charge is 0.379 e. The molecule has 0 unspecified atom stereocenters. The van der Waals surface area contributed by atoms with Gasteiger partial charge in [0.25, 0.3) is 0 Å². The van der Waals surface area contributed by atoms with Crippen molar-refractivity contribution in [2.45, 2.75) is 31.7 Å². The second-order valence-electron chi connectivity index (χ2n) is 4.48. The van der Waals surface area contributed by atoms with Crippen molar-refractivity contribution in [3.05, 3.63) is 0 Å². The zero-order chi connectivity index (χ0) is 10.7. The van der Waals surface area contributed by atoms with Gasteiger partial charge in [-0.1, -0.05) is 12.8 Å². The minimum atomic E-state index is 0.0809. The van der Waals surface area contributed by atoms with E-state index in [9.17, 15) is 4.79 Å². The second-order valence-corrected chi connectivity index (χ2v) is 4.48. The third-order valence-corrected chi connectivity index (χ3v) is 3.57. The summed E-state index contributed by atoms with van der Waals surface area (Å²) in [4.78, 5) is 13.7. The van der Waals surface area contributed by atoms with Crippen molar-refractivity contribution >= 4 is 5.91 Å². The summed E-state index contributed by atoms with van der Waals surface area (Å²) in [5, 5.41) is 0. The standard InChI is InChI=1S/C11H20N2O2/c12-7-11(14)13-5-6-15-8-9-3-1-2-4-10(9)13/h9-10H,1-8,12H2/t9-,10+/m0/s1. The molecule has 0 bridgehead atoms. The summed E-state index contributed by atoms with van der Waals surface area (Å²) in [6.45, 7) is 2.33. The SMILES string of the molecule is NCC(=O)N1CCOC[C@@H]2CCCC[C@H]21. The van der Waals surface area contributed by atoms with Gasteiger partial charge in [-0.05, 0) is 12.8 Å². The number of ether oxygens (including phenoxy) is 1. The van der Waals surface area contributed by atoms with Crippen molar-refractivity contribution in [2.24, 2.45) is 11.7 Å². The topological polar surface area (TPSA) is 55.6 Å².